The van der Waals surface area contributed by atoms with Gasteiger partial charge in [-0.1, -0.05) is 19.4 Å². The number of rotatable bonds is 6. The normalized spacial score (nSPS) is 17.4. The maximum absolute atomic E-state index is 11.5. The lowest BCUT2D eigenvalue weighted by Crippen LogP contribution is -2.18. The van der Waals surface area contributed by atoms with Crippen LogP contribution in [0.2, 0.25) is 0 Å². The average molecular weight is 277 g/mol. The van der Waals surface area contributed by atoms with E-state index in [1.807, 2.05) is 18.2 Å². The monoisotopic (exact) mass is 277 g/mol. The molecule has 0 heterocycles. The number of carbonyl (C=O) groups is 1. The third-order valence-corrected chi connectivity index (χ3v) is 3.60. The molecule has 1 aromatic rings. The summed E-state index contributed by atoms with van der Waals surface area (Å²) in [4.78, 5) is 11.5. The molecule has 20 heavy (non-hydrogen) atoms. The van der Waals surface area contributed by atoms with Crippen molar-refractivity contribution in [1.29, 1.82) is 0 Å². The van der Waals surface area contributed by atoms with Gasteiger partial charge in [0.25, 0.3) is 0 Å². The van der Waals surface area contributed by atoms with E-state index in [4.69, 9.17) is 15.2 Å². The van der Waals surface area contributed by atoms with Crippen molar-refractivity contribution in [3.05, 3.63) is 29.3 Å². The Labute approximate surface area is 120 Å². The quantitative estimate of drug-likeness (QED) is 0.641. The first kappa shape index (κ1) is 14.9. The zero-order chi connectivity index (χ0) is 14.4. The van der Waals surface area contributed by atoms with Gasteiger partial charge in [0.2, 0.25) is 0 Å². The fraction of sp³-hybridized carbons (Fsp3) is 0.562. The summed E-state index contributed by atoms with van der Waals surface area (Å²) < 4.78 is 10.5. The van der Waals surface area contributed by atoms with Gasteiger partial charge in [-0.25, -0.2) is 4.79 Å². The van der Waals surface area contributed by atoms with Crippen LogP contribution in [0, 0.1) is 0 Å². The van der Waals surface area contributed by atoms with Gasteiger partial charge in [-0.15, -0.1) is 0 Å². The van der Waals surface area contributed by atoms with Crippen LogP contribution in [0.1, 0.15) is 49.8 Å². The van der Waals surface area contributed by atoms with Crippen molar-refractivity contribution >= 4 is 5.97 Å². The molecule has 0 spiro atoms. The third-order valence-electron chi connectivity index (χ3n) is 3.60. The van der Waals surface area contributed by atoms with Crippen LogP contribution >= 0.6 is 0 Å². The van der Waals surface area contributed by atoms with E-state index in [1.54, 1.807) is 0 Å². The molecule has 0 radical (unpaired) electrons. The fourth-order valence-corrected chi connectivity index (χ4v) is 2.42. The summed E-state index contributed by atoms with van der Waals surface area (Å²) in [5, 5.41) is 0. The lowest BCUT2D eigenvalue weighted by Gasteiger charge is -2.22. The van der Waals surface area contributed by atoms with Crippen LogP contribution in [0.25, 0.3) is 0 Å². The summed E-state index contributed by atoms with van der Waals surface area (Å²) >= 11 is 0. The van der Waals surface area contributed by atoms with Crippen LogP contribution in [0.5, 0.6) is 5.75 Å². The highest BCUT2D eigenvalue weighted by atomic mass is 16.6. The number of benzene rings is 1. The number of unbranched alkanes of at least 4 members (excludes halogenated alkanes) is 1. The fourth-order valence-electron chi connectivity index (χ4n) is 2.42. The number of aryl methyl sites for hydroxylation is 1. The standard InChI is InChI=1S/C16H23NO3/c1-2-3-9-19-16(18)11-20-13-8-7-12-5-4-6-15(17)14(12)10-13/h7-8,10,15H,2-6,9,11,17H2,1H3. The van der Waals surface area contributed by atoms with Gasteiger partial charge < -0.3 is 15.2 Å². The molecule has 0 aliphatic heterocycles. The molecule has 2 N–H and O–H groups in total. The maximum atomic E-state index is 11.5. The zero-order valence-corrected chi connectivity index (χ0v) is 12.1. The molecule has 0 saturated heterocycles. The topological polar surface area (TPSA) is 61.5 Å². The van der Waals surface area contributed by atoms with Crippen molar-refractivity contribution in [2.24, 2.45) is 5.73 Å². The summed E-state index contributed by atoms with van der Waals surface area (Å²) in [5.41, 5.74) is 8.54. The van der Waals surface area contributed by atoms with E-state index < -0.39 is 0 Å². The van der Waals surface area contributed by atoms with Crippen LogP contribution in [-0.2, 0) is 16.0 Å². The average Bonchev–Trinajstić information content (AvgIpc) is 2.46. The summed E-state index contributed by atoms with van der Waals surface area (Å²) in [5.74, 6) is 0.369. The second-order valence-corrected chi connectivity index (χ2v) is 5.22. The van der Waals surface area contributed by atoms with Crippen molar-refractivity contribution in [1.82, 2.24) is 0 Å². The molecule has 4 nitrogen and oxygen atoms in total. The van der Waals surface area contributed by atoms with Crippen molar-refractivity contribution in [3.63, 3.8) is 0 Å². The molecule has 1 unspecified atom stereocenters. The second-order valence-electron chi connectivity index (χ2n) is 5.22. The molecular formula is C16H23NO3. The SMILES string of the molecule is CCCCOC(=O)COc1ccc2c(c1)C(N)CCC2. The molecule has 110 valence electrons. The molecule has 0 bridgehead atoms. The van der Waals surface area contributed by atoms with Crippen molar-refractivity contribution in [2.75, 3.05) is 13.2 Å². The Morgan fingerprint density at radius 1 is 1.45 bits per heavy atom. The van der Waals surface area contributed by atoms with Crippen molar-refractivity contribution in [2.45, 2.75) is 45.1 Å². The lowest BCUT2D eigenvalue weighted by molar-refractivity contribution is -0.146. The summed E-state index contributed by atoms with van der Waals surface area (Å²) in [6, 6.07) is 5.99. The number of nitrogens with two attached hydrogens (primary N) is 1. The van der Waals surface area contributed by atoms with Crippen molar-refractivity contribution < 1.29 is 14.3 Å². The van der Waals surface area contributed by atoms with Gasteiger partial charge in [0, 0.05) is 6.04 Å². The largest absolute Gasteiger partial charge is 0.482 e. The first-order valence-electron chi connectivity index (χ1n) is 7.37. The highest BCUT2D eigenvalue weighted by Gasteiger charge is 2.17. The third kappa shape index (κ3) is 3.97. The number of fused-ring (bicyclic) bond motifs is 1. The van der Waals surface area contributed by atoms with Crippen LogP contribution < -0.4 is 10.5 Å². The van der Waals surface area contributed by atoms with E-state index in [-0.39, 0.29) is 18.6 Å². The second kappa shape index (κ2) is 7.29. The Bertz CT molecular complexity index is 459. The number of ether oxygens (including phenoxy) is 2. The van der Waals surface area contributed by atoms with Gasteiger partial charge in [0.05, 0.1) is 6.61 Å². The lowest BCUT2D eigenvalue weighted by atomic mass is 9.88. The van der Waals surface area contributed by atoms with E-state index in [1.165, 1.54) is 5.56 Å². The van der Waals surface area contributed by atoms with Crippen LogP contribution in [-0.4, -0.2) is 19.2 Å². The molecule has 0 saturated carbocycles. The summed E-state index contributed by atoms with van der Waals surface area (Å²) in [7, 11) is 0. The summed E-state index contributed by atoms with van der Waals surface area (Å²) in [6.45, 7) is 2.48. The molecule has 0 fully saturated rings. The number of esters is 1. The molecule has 1 atom stereocenters. The first-order valence-corrected chi connectivity index (χ1v) is 7.37. The van der Waals surface area contributed by atoms with E-state index >= 15 is 0 Å². The smallest absolute Gasteiger partial charge is 0.344 e. The van der Waals surface area contributed by atoms with Crippen LogP contribution in [0.15, 0.2) is 18.2 Å². The maximum Gasteiger partial charge on any atom is 0.344 e. The Morgan fingerprint density at radius 3 is 3.10 bits per heavy atom. The summed E-state index contributed by atoms with van der Waals surface area (Å²) in [6.07, 6.45) is 5.12. The molecule has 0 amide bonds. The van der Waals surface area contributed by atoms with Crippen LogP contribution in [0.3, 0.4) is 0 Å². The van der Waals surface area contributed by atoms with E-state index in [9.17, 15) is 4.79 Å². The minimum atomic E-state index is -0.319. The zero-order valence-electron chi connectivity index (χ0n) is 12.1. The Kier molecular flexibility index (Phi) is 5.41. The van der Waals surface area contributed by atoms with Crippen LogP contribution in [0.4, 0.5) is 0 Å². The number of hydrogen-bond donors (Lipinski definition) is 1. The Balaban J connectivity index is 1.87. The van der Waals surface area contributed by atoms with Gasteiger partial charge in [-0.05, 0) is 48.9 Å². The number of hydrogen-bond acceptors (Lipinski definition) is 4. The highest BCUT2D eigenvalue weighted by molar-refractivity contribution is 5.71. The van der Waals surface area contributed by atoms with Gasteiger partial charge >= 0.3 is 5.97 Å². The Morgan fingerprint density at radius 2 is 2.30 bits per heavy atom. The minimum absolute atomic E-state index is 0.0439. The van der Waals surface area contributed by atoms with Gasteiger partial charge in [0.15, 0.2) is 6.61 Å². The molecule has 1 aliphatic carbocycles. The van der Waals surface area contributed by atoms with E-state index in [2.05, 4.69) is 6.92 Å². The Hall–Kier alpha value is -1.55. The predicted molar refractivity (Wildman–Crippen MR) is 77.7 cm³/mol. The van der Waals surface area contributed by atoms with Gasteiger partial charge in [-0.3, -0.25) is 0 Å². The molecule has 0 aromatic heterocycles. The van der Waals surface area contributed by atoms with Gasteiger partial charge in [-0.2, -0.15) is 0 Å². The van der Waals surface area contributed by atoms with E-state index in [0.717, 1.165) is 37.7 Å². The predicted octanol–water partition coefficient (Wildman–Crippen LogP) is 2.74. The molecular weight excluding hydrogens is 254 g/mol. The number of carbonyl (C=O) groups excluding carboxylic acids is 1. The van der Waals surface area contributed by atoms with Crippen molar-refractivity contribution in [3.8, 4) is 5.75 Å². The van der Waals surface area contributed by atoms with E-state index in [0.29, 0.717) is 12.4 Å². The minimum Gasteiger partial charge on any atom is -0.482 e. The highest BCUT2D eigenvalue weighted by Crippen LogP contribution is 2.30. The molecule has 4 heteroatoms. The molecule has 2 rings (SSSR count). The van der Waals surface area contributed by atoms with Gasteiger partial charge in [0.1, 0.15) is 5.75 Å². The first-order chi connectivity index (χ1) is 9.70. The molecule has 1 aromatic carbocycles. The molecule has 1 aliphatic rings.